The Morgan fingerprint density at radius 3 is 2.73 bits per heavy atom. The second-order valence-electron chi connectivity index (χ2n) is 5.76. The standard InChI is InChI=1S/C19H25FN4O.HI/c1-5-21-19(23-12-17-14(2)7-6-10-22-17)24(3)13-15-8-9-18(25-4)16(20)11-15;/h6-11H,5,12-13H2,1-4H3,(H,21,23);1H. The molecule has 0 radical (unpaired) electrons. The summed E-state index contributed by atoms with van der Waals surface area (Å²) in [6.07, 6.45) is 1.77. The van der Waals surface area contributed by atoms with Crippen molar-refractivity contribution in [1.82, 2.24) is 15.2 Å². The molecular formula is C19H26FIN4O. The van der Waals surface area contributed by atoms with Gasteiger partial charge in [-0.15, -0.1) is 24.0 Å². The van der Waals surface area contributed by atoms with E-state index < -0.39 is 0 Å². The molecule has 0 spiro atoms. The van der Waals surface area contributed by atoms with Crippen LogP contribution in [0.1, 0.15) is 23.7 Å². The number of ether oxygens (including phenoxy) is 1. The molecule has 0 aliphatic heterocycles. The van der Waals surface area contributed by atoms with Crippen molar-refractivity contribution >= 4 is 29.9 Å². The SMILES string of the molecule is CCNC(=NCc1ncccc1C)N(C)Cc1ccc(OC)c(F)c1.I. The summed E-state index contributed by atoms with van der Waals surface area (Å²) < 4.78 is 18.8. The molecule has 0 aliphatic rings. The summed E-state index contributed by atoms with van der Waals surface area (Å²) in [5.74, 6) is 0.640. The molecule has 0 amide bonds. The van der Waals surface area contributed by atoms with Crippen LogP contribution >= 0.6 is 24.0 Å². The predicted octanol–water partition coefficient (Wildman–Crippen LogP) is 3.75. The fourth-order valence-electron chi connectivity index (χ4n) is 2.46. The largest absolute Gasteiger partial charge is 0.494 e. The van der Waals surface area contributed by atoms with Gasteiger partial charge in [0.05, 0.1) is 19.3 Å². The van der Waals surface area contributed by atoms with E-state index in [1.165, 1.54) is 13.2 Å². The first-order valence-corrected chi connectivity index (χ1v) is 8.27. The monoisotopic (exact) mass is 472 g/mol. The van der Waals surface area contributed by atoms with Gasteiger partial charge in [-0.1, -0.05) is 12.1 Å². The van der Waals surface area contributed by atoms with Gasteiger partial charge in [0.15, 0.2) is 17.5 Å². The summed E-state index contributed by atoms with van der Waals surface area (Å²) in [6.45, 7) is 5.82. The van der Waals surface area contributed by atoms with Crippen molar-refractivity contribution in [2.24, 2.45) is 4.99 Å². The van der Waals surface area contributed by atoms with Gasteiger partial charge in [-0.25, -0.2) is 9.38 Å². The van der Waals surface area contributed by atoms with Gasteiger partial charge in [-0.2, -0.15) is 0 Å². The lowest BCUT2D eigenvalue weighted by Gasteiger charge is -2.22. The third kappa shape index (κ3) is 6.12. The summed E-state index contributed by atoms with van der Waals surface area (Å²) in [5.41, 5.74) is 2.91. The fourth-order valence-corrected chi connectivity index (χ4v) is 2.46. The lowest BCUT2D eigenvalue weighted by Crippen LogP contribution is -2.38. The zero-order valence-electron chi connectivity index (χ0n) is 15.6. The summed E-state index contributed by atoms with van der Waals surface area (Å²) in [4.78, 5) is 11.0. The number of nitrogens with zero attached hydrogens (tertiary/aromatic N) is 3. The third-order valence-electron chi connectivity index (χ3n) is 3.83. The van der Waals surface area contributed by atoms with E-state index in [-0.39, 0.29) is 35.5 Å². The van der Waals surface area contributed by atoms with E-state index in [4.69, 9.17) is 4.74 Å². The Balaban J connectivity index is 0.00000338. The Kier molecular flexibility index (Phi) is 9.32. The molecule has 0 aliphatic carbocycles. The molecule has 0 bridgehead atoms. The van der Waals surface area contributed by atoms with Crippen LogP contribution in [0.5, 0.6) is 5.75 Å². The highest BCUT2D eigenvalue weighted by molar-refractivity contribution is 14.0. The van der Waals surface area contributed by atoms with Crippen LogP contribution in [0.25, 0.3) is 0 Å². The smallest absolute Gasteiger partial charge is 0.194 e. The Morgan fingerprint density at radius 2 is 2.12 bits per heavy atom. The van der Waals surface area contributed by atoms with Gasteiger partial charge in [0.25, 0.3) is 0 Å². The van der Waals surface area contributed by atoms with Crippen molar-refractivity contribution in [3.05, 3.63) is 59.2 Å². The number of aromatic nitrogens is 1. The van der Waals surface area contributed by atoms with Crippen molar-refractivity contribution < 1.29 is 9.13 Å². The highest BCUT2D eigenvalue weighted by Crippen LogP contribution is 2.18. The molecule has 1 aromatic carbocycles. The molecule has 26 heavy (non-hydrogen) atoms. The van der Waals surface area contributed by atoms with Gasteiger partial charge >= 0.3 is 0 Å². The molecule has 1 heterocycles. The van der Waals surface area contributed by atoms with Crippen molar-refractivity contribution in [2.45, 2.75) is 26.9 Å². The number of benzene rings is 1. The van der Waals surface area contributed by atoms with Crippen molar-refractivity contribution in [2.75, 3.05) is 20.7 Å². The predicted molar refractivity (Wildman–Crippen MR) is 114 cm³/mol. The molecule has 0 saturated heterocycles. The Bertz CT molecular complexity index is 739. The number of halogens is 2. The maximum atomic E-state index is 13.9. The zero-order valence-corrected chi connectivity index (χ0v) is 18.0. The van der Waals surface area contributed by atoms with E-state index in [9.17, 15) is 4.39 Å². The van der Waals surface area contributed by atoms with Crippen molar-refractivity contribution in [3.63, 3.8) is 0 Å². The number of nitrogens with one attached hydrogen (secondary N) is 1. The van der Waals surface area contributed by atoms with Crippen molar-refractivity contribution in [1.29, 1.82) is 0 Å². The fraction of sp³-hybridized carbons (Fsp3) is 0.368. The first-order chi connectivity index (χ1) is 12.0. The molecule has 1 aromatic heterocycles. The molecule has 7 heteroatoms. The molecule has 142 valence electrons. The Morgan fingerprint density at radius 1 is 1.35 bits per heavy atom. The van der Waals surface area contributed by atoms with Gasteiger partial charge in [0, 0.05) is 26.3 Å². The maximum absolute atomic E-state index is 13.9. The topological polar surface area (TPSA) is 49.8 Å². The zero-order chi connectivity index (χ0) is 18.2. The van der Waals surface area contributed by atoms with Crippen LogP contribution < -0.4 is 10.1 Å². The maximum Gasteiger partial charge on any atom is 0.194 e. The molecule has 1 N–H and O–H groups in total. The molecule has 0 saturated carbocycles. The van der Waals surface area contributed by atoms with Crippen LogP contribution in [-0.4, -0.2) is 36.5 Å². The van der Waals surface area contributed by atoms with Gasteiger partial charge in [-0.3, -0.25) is 4.98 Å². The van der Waals surface area contributed by atoms with Gasteiger partial charge in [-0.05, 0) is 43.2 Å². The molecule has 0 unspecified atom stereocenters. The van der Waals surface area contributed by atoms with Crippen LogP contribution in [0, 0.1) is 12.7 Å². The molecule has 2 aromatic rings. The summed E-state index contributed by atoms with van der Waals surface area (Å²) in [6, 6.07) is 8.92. The number of rotatable bonds is 6. The lowest BCUT2D eigenvalue weighted by atomic mass is 10.2. The van der Waals surface area contributed by atoms with E-state index in [1.54, 1.807) is 12.3 Å². The number of pyridine rings is 1. The Hall–Kier alpha value is -1.90. The van der Waals surface area contributed by atoms with Crippen LogP contribution in [0.15, 0.2) is 41.5 Å². The van der Waals surface area contributed by atoms with E-state index in [1.807, 2.05) is 44.0 Å². The van der Waals surface area contributed by atoms with Gasteiger partial charge in [0.2, 0.25) is 0 Å². The first kappa shape index (κ1) is 22.1. The second kappa shape index (κ2) is 10.9. The van der Waals surface area contributed by atoms with Crippen LogP contribution in [0.4, 0.5) is 4.39 Å². The van der Waals surface area contributed by atoms with Gasteiger partial charge in [0.1, 0.15) is 0 Å². The number of aryl methyl sites for hydroxylation is 1. The third-order valence-corrected chi connectivity index (χ3v) is 3.83. The average Bonchev–Trinajstić information content (AvgIpc) is 2.60. The number of guanidine groups is 1. The van der Waals surface area contributed by atoms with Crippen LogP contribution in [0.3, 0.4) is 0 Å². The van der Waals surface area contributed by atoms with E-state index >= 15 is 0 Å². The second-order valence-corrected chi connectivity index (χ2v) is 5.76. The number of aliphatic imine (C=N–C) groups is 1. The minimum Gasteiger partial charge on any atom is -0.494 e. The first-order valence-electron chi connectivity index (χ1n) is 8.27. The minimum atomic E-state index is -0.362. The van der Waals surface area contributed by atoms with Crippen LogP contribution in [-0.2, 0) is 13.1 Å². The molecule has 0 atom stereocenters. The molecule has 5 nitrogen and oxygen atoms in total. The Labute approximate surface area is 171 Å². The number of hydrogen-bond acceptors (Lipinski definition) is 3. The number of methoxy groups -OCH3 is 1. The summed E-state index contributed by atoms with van der Waals surface area (Å²) in [7, 11) is 3.38. The summed E-state index contributed by atoms with van der Waals surface area (Å²) in [5, 5.41) is 3.26. The van der Waals surface area contributed by atoms with Gasteiger partial charge < -0.3 is 15.0 Å². The summed E-state index contributed by atoms with van der Waals surface area (Å²) >= 11 is 0. The van der Waals surface area contributed by atoms with E-state index in [0.29, 0.717) is 13.1 Å². The van der Waals surface area contributed by atoms with E-state index in [2.05, 4.69) is 15.3 Å². The lowest BCUT2D eigenvalue weighted by molar-refractivity contribution is 0.385. The quantitative estimate of drug-likeness (QED) is 0.396. The molecule has 2 rings (SSSR count). The van der Waals surface area contributed by atoms with Crippen LogP contribution in [0.2, 0.25) is 0 Å². The highest BCUT2D eigenvalue weighted by atomic mass is 127. The normalized spacial score (nSPS) is 10.9. The van der Waals surface area contributed by atoms with Crippen molar-refractivity contribution in [3.8, 4) is 5.75 Å². The minimum absolute atomic E-state index is 0. The average molecular weight is 472 g/mol. The van der Waals surface area contributed by atoms with E-state index in [0.717, 1.165) is 29.3 Å². The highest BCUT2D eigenvalue weighted by Gasteiger charge is 2.10. The number of hydrogen-bond donors (Lipinski definition) is 1. The molecule has 0 fully saturated rings. The molecular weight excluding hydrogens is 446 g/mol.